The molecule has 96 valence electrons. The molecule has 18 heavy (non-hydrogen) atoms. The van der Waals surface area contributed by atoms with Crippen molar-refractivity contribution in [2.45, 2.75) is 6.54 Å². The Morgan fingerprint density at radius 3 is 2.56 bits per heavy atom. The molecule has 0 aliphatic carbocycles. The van der Waals surface area contributed by atoms with Gasteiger partial charge < -0.3 is 14.9 Å². The number of nitrogens with zero attached hydrogens (tertiary/aromatic N) is 4. The largest absolute Gasteiger partial charge is 0.508 e. The first kappa shape index (κ1) is 12.2. The van der Waals surface area contributed by atoms with Crippen LogP contribution in [0.2, 0.25) is 0 Å². The number of aromatic nitrogens is 3. The first-order chi connectivity index (χ1) is 8.58. The van der Waals surface area contributed by atoms with Gasteiger partial charge in [0, 0.05) is 33.3 Å². The first-order valence-electron chi connectivity index (χ1n) is 5.65. The summed E-state index contributed by atoms with van der Waals surface area (Å²) in [6.07, 6.45) is 0. The highest BCUT2D eigenvalue weighted by Crippen LogP contribution is 2.19. The summed E-state index contributed by atoms with van der Waals surface area (Å²) in [6, 6.07) is 7.26. The lowest BCUT2D eigenvalue weighted by Gasteiger charge is -2.16. The zero-order chi connectivity index (χ0) is 13.1. The smallest absolute Gasteiger partial charge is 0.245 e. The molecule has 2 aromatic rings. The maximum Gasteiger partial charge on any atom is 0.245 e. The maximum absolute atomic E-state index is 9.72. The summed E-state index contributed by atoms with van der Waals surface area (Å²) < 4.78 is 0. The number of phenols is 1. The van der Waals surface area contributed by atoms with E-state index in [1.807, 2.05) is 43.1 Å². The van der Waals surface area contributed by atoms with Gasteiger partial charge in [-0.3, -0.25) is 0 Å². The van der Waals surface area contributed by atoms with Gasteiger partial charge in [0.15, 0.2) is 0 Å². The molecule has 0 fully saturated rings. The van der Waals surface area contributed by atoms with Gasteiger partial charge in [0.05, 0.1) is 0 Å². The molecule has 2 rings (SSSR count). The number of aromatic amines is 1. The Morgan fingerprint density at radius 1 is 1.22 bits per heavy atom. The van der Waals surface area contributed by atoms with Crippen molar-refractivity contribution < 1.29 is 5.11 Å². The van der Waals surface area contributed by atoms with Gasteiger partial charge in [-0.25, -0.2) is 5.10 Å². The Morgan fingerprint density at radius 2 is 1.94 bits per heavy atom. The highest BCUT2D eigenvalue weighted by Gasteiger charge is 2.10. The molecule has 0 atom stereocenters. The zero-order valence-corrected chi connectivity index (χ0v) is 10.8. The van der Waals surface area contributed by atoms with Crippen molar-refractivity contribution >= 4 is 11.9 Å². The molecule has 1 aromatic heterocycles. The number of aromatic hydroxyl groups is 1. The summed E-state index contributed by atoms with van der Waals surface area (Å²) in [7, 11) is 5.67. The molecule has 1 heterocycles. The Bertz CT molecular complexity index is 523. The number of anilines is 2. The minimum absolute atomic E-state index is 0.289. The molecule has 0 aliphatic rings. The van der Waals surface area contributed by atoms with Gasteiger partial charge in [0.2, 0.25) is 11.9 Å². The molecule has 0 unspecified atom stereocenters. The van der Waals surface area contributed by atoms with Crippen molar-refractivity contribution in [3.63, 3.8) is 0 Å². The van der Waals surface area contributed by atoms with E-state index in [1.165, 1.54) is 0 Å². The molecular weight excluding hydrogens is 230 g/mol. The number of benzene rings is 1. The molecule has 6 heteroatoms. The van der Waals surface area contributed by atoms with E-state index in [4.69, 9.17) is 0 Å². The van der Waals surface area contributed by atoms with E-state index in [9.17, 15) is 5.11 Å². The third kappa shape index (κ3) is 2.53. The molecule has 6 nitrogen and oxygen atoms in total. The standard InChI is InChI=1S/C12H17N5O/c1-16(2)11-13-12(15-14-11)17(3)8-9-6-4-5-7-10(9)18/h4-7,18H,8H2,1-3H3,(H,13,14,15). The Hall–Kier alpha value is -2.24. The number of rotatable bonds is 4. The normalized spacial score (nSPS) is 10.4. The third-order valence-electron chi connectivity index (χ3n) is 2.62. The summed E-state index contributed by atoms with van der Waals surface area (Å²) >= 11 is 0. The number of hydrogen-bond donors (Lipinski definition) is 2. The monoisotopic (exact) mass is 247 g/mol. The molecular formula is C12H17N5O. The Balaban J connectivity index is 2.12. The van der Waals surface area contributed by atoms with Crippen molar-refractivity contribution in [1.82, 2.24) is 15.2 Å². The fourth-order valence-corrected chi connectivity index (χ4v) is 1.59. The van der Waals surface area contributed by atoms with E-state index >= 15 is 0 Å². The molecule has 0 spiro atoms. The van der Waals surface area contributed by atoms with E-state index in [2.05, 4.69) is 15.2 Å². The van der Waals surface area contributed by atoms with Crippen molar-refractivity contribution in [1.29, 1.82) is 0 Å². The first-order valence-corrected chi connectivity index (χ1v) is 5.65. The van der Waals surface area contributed by atoms with Gasteiger partial charge >= 0.3 is 0 Å². The summed E-state index contributed by atoms with van der Waals surface area (Å²) in [5, 5.41) is 16.7. The van der Waals surface area contributed by atoms with Crippen molar-refractivity contribution in [3.8, 4) is 5.75 Å². The van der Waals surface area contributed by atoms with Crippen LogP contribution in [0, 0.1) is 0 Å². The van der Waals surface area contributed by atoms with Gasteiger partial charge in [-0.2, -0.15) is 4.98 Å². The van der Waals surface area contributed by atoms with Crippen LogP contribution in [0.3, 0.4) is 0 Å². The Labute approximate surface area is 106 Å². The molecule has 1 aromatic carbocycles. The van der Waals surface area contributed by atoms with Crippen LogP contribution in [0.15, 0.2) is 24.3 Å². The fourth-order valence-electron chi connectivity index (χ4n) is 1.59. The molecule has 0 aliphatic heterocycles. The summed E-state index contributed by atoms with van der Waals surface area (Å²) in [6.45, 7) is 0.564. The molecule has 0 bridgehead atoms. The molecule has 2 N–H and O–H groups in total. The summed E-state index contributed by atoms with van der Waals surface area (Å²) in [5.41, 5.74) is 0.850. The number of nitrogens with one attached hydrogen (secondary N) is 1. The summed E-state index contributed by atoms with van der Waals surface area (Å²) in [5.74, 6) is 1.59. The van der Waals surface area contributed by atoms with Crippen LogP contribution < -0.4 is 9.80 Å². The fraction of sp³-hybridized carbons (Fsp3) is 0.333. The third-order valence-corrected chi connectivity index (χ3v) is 2.62. The lowest BCUT2D eigenvalue weighted by atomic mass is 10.2. The number of para-hydroxylation sites is 1. The lowest BCUT2D eigenvalue weighted by Crippen LogP contribution is -2.18. The number of hydrogen-bond acceptors (Lipinski definition) is 5. The molecule has 0 amide bonds. The maximum atomic E-state index is 9.72. The van der Waals surface area contributed by atoms with Crippen LogP contribution in [0.4, 0.5) is 11.9 Å². The number of H-pyrrole nitrogens is 1. The van der Waals surface area contributed by atoms with E-state index in [0.29, 0.717) is 18.4 Å². The van der Waals surface area contributed by atoms with Crippen LogP contribution in [0.1, 0.15) is 5.56 Å². The molecule has 0 radical (unpaired) electrons. The predicted octanol–water partition coefficient (Wildman–Crippen LogP) is 1.21. The quantitative estimate of drug-likeness (QED) is 0.850. The second kappa shape index (κ2) is 4.95. The lowest BCUT2D eigenvalue weighted by molar-refractivity contribution is 0.467. The van der Waals surface area contributed by atoms with Crippen LogP contribution in [0.5, 0.6) is 5.75 Å². The van der Waals surface area contributed by atoms with Gasteiger partial charge in [0.1, 0.15) is 5.75 Å². The van der Waals surface area contributed by atoms with Gasteiger partial charge in [0.25, 0.3) is 0 Å². The van der Waals surface area contributed by atoms with Crippen molar-refractivity contribution in [2.24, 2.45) is 0 Å². The number of phenolic OH excluding ortho intramolecular Hbond substituents is 1. The highest BCUT2D eigenvalue weighted by atomic mass is 16.3. The summed E-state index contributed by atoms with van der Waals surface area (Å²) in [4.78, 5) is 8.06. The molecule has 0 saturated heterocycles. The average Bonchev–Trinajstić information content (AvgIpc) is 2.81. The minimum atomic E-state index is 0.289. The van der Waals surface area contributed by atoms with Crippen molar-refractivity contribution in [2.75, 3.05) is 30.9 Å². The van der Waals surface area contributed by atoms with Gasteiger partial charge in [-0.15, -0.1) is 5.10 Å². The topological polar surface area (TPSA) is 68.3 Å². The van der Waals surface area contributed by atoms with Crippen LogP contribution in [0.25, 0.3) is 0 Å². The van der Waals surface area contributed by atoms with E-state index in [-0.39, 0.29) is 5.75 Å². The van der Waals surface area contributed by atoms with Crippen LogP contribution >= 0.6 is 0 Å². The van der Waals surface area contributed by atoms with Gasteiger partial charge in [-0.05, 0) is 6.07 Å². The van der Waals surface area contributed by atoms with E-state index in [0.717, 1.165) is 5.56 Å². The van der Waals surface area contributed by atoms with Crippen LogP contribution in [-0.2, 0) is 6.54 Å². The van der Waals surface area contributed by atoms with E-state index < -0.39 is 0 Å². The average molecular weight is 247 g/mol. The Kier molecular flexibility index (Phi) is 3.36. The second-order valence-electron chi connectivity index (χ2n) is 4.34. The van der Waals surface area contributed by atoms with Crippen LogP contribution in [-0.4, -0.2) is 41.4 Å². The predicted molar refractivity (Wildman–Crippen MR) is 70.9 cm³/mol. The highest BCUT2D eigenvalue weighted by molar-refractivity contribution is 5.40. The SMILES string of the molecule is CN(C)c1n[nH]c(N(C)Cc2ccccc2O)n1. The van der Waals surface area contributed by atoms with Crippen molar-refractivity contribution in [3.05, 3.63) is 29.8 Å². The molecule has 0 saturated carbocycles. The zero-order valence-electron chi connectivity index (χ0n) is 10.8. The van der Waals surface area contributed by atoms with Gasteiger partial charge in [-0.1, -0.05) is 18.2 Å². The van der Waals surface area contributed by atoms with E-state index in [1.54, 1.807) is 12.1 Å². The minimum Gasteiger partial charge on any atom is -0.508 e. The second-order valence-corrected chi connectivity index (χ2v) is 4.34.